The van der Waals surface area contributed by atoms with Crippen LogP contribution in [0.25, 0.3) is 0 Å². The predicted molar refractivity (Wildman–Crippen MR) is 70.9 cm³/mol. The molecule has 0 saturated heterocycles. The van der Waals surface area contributed by atoms with Crippen LogP contribution in [0.2, 0.25) is 0 Å². The van der Waals surface area contributed by atoms with E-state index in [4.69, 9.17) is 0 Å². The first kappa shape index (κ1) is 12.8. The predicted octanol–water partition coefficient (Wildman–Crippen LogP) is 3.36. The first-order valence-electron chi connectivity index (χ1n) is 6.10. The molecule has 0 fully saturated rings. The van der Waals surface area contributed by atoms with Crippen LogP contribution in [0.1, 0.15) is 33.6 Å². The lowest BCUT2D eigenvalue weighted by atomic mass is 9.95. The molecule has 0 saturated carbocycles. The maximum Gasteiger partial charge on any atom is 0.0549 e. The molecular weight excluding hydrogens is 198 g/mol. The van der Waals surface area contributed by atoms with Gasteiger partial charge in [-0.05, 0) is 18.9 Å². The van der Waals surface area contributed by atoms with Crippen molar-refractivity contribution >= 4 is 11.4 Å². The molecule has 1 heterocycles. The minimum atomic E-state index is 0.490. The van der Waals surface area contributed by atoms with Gasteiger partial charge in [-0.2, -0.15) is 0 Å². The van der Waals surface area contributed by atoms with Crippen LogP contribution in [0.15, 0.2) is 18.5 Å². The highest BCUT2D eigenvalue weighted by Gasteiger charge is 2.13. The minimum Gasteiger partial charge on any atom is -0.387 e. The zero-order valence-electron chi connectivity index (χ0n) is 10.7. The van der Waals surface area contributed by atoms with Crippen molar-refractivity contribution in [2.45, 2.75) is 39.7 Å². The summed E-state index contributed by atoms with van der Waals surface area (Å²) in [6.07, 6.45) is 6.13. The highest BCUT2D eigenvalue weighted by Crippen LogP contribution is 2.19. The van der Waals surface area contributed by atoms with Crippen LogP contribution in [0.5, 0.6) is 0 Å². The number of nitrogens with zero attached hydrogens (tertiary/aromatic N) is 1. The van der Waals surface area contributed by atoms with Gasteiger partial charge >= 0.3 is 0 Å². The molecule has 3 nitrogen and oxygen atoms in total. The summed E-state index contributed by atoms with van der Waals surface area (Å²) in [6.45, 7) is 6.73. The van der Waals surface area contributed by atoms with Crippen molar-refractivity contribution in [3.63, 3.8) is 0 Å². The number of aromatic nitrogens is 1. The maximum atomic E-state index is 4.19. The summed E-state index contributed by atoms with van der Waals surface area (Å²) < 4.78 is 0. The Balaban J connectivity index is 2.64. The Labute approximate surface area is 98.7 Å². The summed E-state index contributed by atoms with van der Waals surface area (Å²) >= 11 is 0. The molecule has 0 aliphatic carbocycles. The van der Waals surface area contributed by atoms with Crippen LogP contribution < -0.4 is 10.6 Å². The molecule has 1 aromatic rings. The normalized spacial score (nSPS) is 12.6. The van der Waals surface area contributed by atoms with Crippen LogP contribution in [-0.4, -0.2) is 18.1 Å². The van der Waals surface area contributed by atoms with E-state index in [1.807, 2.05) is 19.4 Å². The van der Waals surface area contributed by atoms with Gasteiger partial charge in [-0.25, -0.2) is 0 Å². The van der Waals surface area contributed by atoms with Gasteiger partial charge in [0.05, 0.1) is 23.8 Å². The van der Waals surface area contributed by atoms with Crippen molar-refractivity contribution in [3.8, 4) is 0 Å². The molecule has 1 aromatic heterocycles. The third kappa shape index (κ3) is 3.40. The minimum absolute atomic E-state index is 0.490. The molecule has 0 spiro atoms. The molecule has 0 aliphatic rings. The van der Waals surface area contributed by atoms with Crippen LogP contribution in [0.4, 0.5) is 11.4 Å². The van der Waals surface area contributed by atoms with Gasteiger partial charge in [0.2, 0.25) is 0 Å². The van der Waals surface area contributed by atoms with Gasteiger partial charge in [0.15, 0.2) is 0 Å². The van der Waals surface area contributed by atoms with Gasteiger partial charge in [-0.3, -0.25) is 4.98 Å². The van der Waals surface area contributed by atoms with Crippen LogP contribution in [0, 0.1) is 5.92 Å². The average molecular weight is 221 g/mol. The summed E-state index contributed by atoms with van der Waals surface area (Å²) in [6, 6.07) is 2.58. The Kier molecular flexibility index (Phi) is 5.09. The Morgan fingerprint density at radius 2 is 1.81 bits per heavy atom. The third-order valence-corrected chi connectivity index (χ3v) is 3.18. The summed E-state index contributed by atoms with van der Waals surface area (Å²) in [4.78, 5) is 4.19. The van der Waals surface area contributed by atoms with Gasteiger partial charge in [0.1, 0.15) is 0 Å². The zero-order chi connectivity index (χ0) is 12.0. The molecule has 0 aliphatic heterocycles. The highest BCUT2D eigenvalue weighted by molar-refractivity contribution is 5.53. The van der Waals surface area contributed by atoms with E-state index in [9.17, 15) is 0 Å². The number of pyridine rings is 1. The van der Waals surface area contributed by atoms with Crippen molar-refractivity contribution < 1.29 is 0 Å². The van der Waals surface area contributed by atoms with Crippen LogP contribution >= 0.6 is 0 Å². The first-order chi connectivity index (χ1) is 7.71. The molecule has 0 amide bonds. The lowest BCUT2D eigenvalue weighted by Gasteiger charge is -2.23. The van der Waals surface area contributed by atoms with Crippen molar-refractivity contribution in [3.05, 3.63) is 18.5 Å². The molecule has 0 radical (unpaired) electrons. The second-order valence-electron chi connectivity index (χ2n) is 4.22. The van der Waals surface area contributed by atoms with Crippen molar-refractivity contribution in [1.82, 2.24) is 4.98 Å². The monoisotopic (exact) mass is 221 g/mol. The third-order valence-electron chi connectivity index (χ3n) is 3.18. The molecular formula is C13H23N3. The number of rotatable bonds is 6. The lowest BCUT2D eigenvalue weighted by Crippen LogP contribution is -2.25. The van der Waals surface area contributed by atoms with Gasteiger partial charge in [-0.1, -0.05) is 26.7 Å². The Morgan fingerprint density at radius 3 is 2.38 bits per heavy atom. The summed E-state index contributed by atoms with van der Waals surface area (Å²) in [7, 11) is 1.91. The van der Waals surface area contributed by atoms with Gasteiger partial charge in [-0.15, -0.1) is 0 Å². The van der Waals surface area contributed by atoms with Gasteiger partial charge in [0.25, 0.3) is 0 Å². The Hall–Kier alpha value is -1.25. The SMILES string of the molecule is CCC(CC)C(C)Nc1cncc(NC)c1. The van der Waals surface area contributed by atoms with E-state index in [-0.39, 0.29) is 0 Å². The largest absolute Gasteiger partial charge is 0.387 e. The quantitative estimate of drug-likeness (QED) is 0.773. The van der Waals surface area contributed by atoms with E-state index >= 15 is 0 Å². The molecule has 1 rings (SSSR count). The number of anilines is 2. The number of hydrogen-bond acceptors (Lipinski definition) is 3. The van der Waals surface area contributed by atoms with Gasteiger partial charge in [0, 0.05) is 13.1 Å². The van der Waals surface area contributed by atoms with E-state index < -0.39 is 0 Å². The smallest absolute Gasteiger partial charge is 0.0549 e. The second-order valence-corrected chi connectivity index (χ2v) is 4.22. The molecule has 90 valence electrons. The molecule has 16 heavy (non-hydrogen) atoms. The van der Waals surface area contributed by atoms with Crippen molar-refractivity contribution in [2.75, 3.05) is 17.7 Å². The Bertz CT molecular complexity index is 308. The summed E-state index contributed by atoms with van der Waals surface area (Å²) in [5.41, 5.74) is 2.13. The fourth-order valence-corrected chi connectivity index (χ4v) is 2.03. The number of nitrogens with one attached hydrogen (secondary N) is 2. The van der Waals surface area contributed by atoms with E-state index in [1.165, 1.54) is 12.8 Å². The Morgan fingerprint density at radius 1 is 1.19 bits per heavy atom. The molecule has 1 unspecified atom stereocenters. The fraction of sp³-hybridized carbons (Fsp3) is 0.615. The molecule has 0 aromatic carbocycles. The van der Waals surface area contributed by atoms with Crippen molar-refractivity contribution in [1.29, 1.82) is 0 Å². The molecule has 1 atom stereocenters. The second kappa shape index (κ2) is 6.36. The maximum absolute atomic E-state index is 4.19. The molecule has 2 N–H and O–H groups in total. The molecule has 3 heteroatoms. The summed E-state index contributed by atoms with van der Waals surface area (Å²) in [5, 5.41) is 6.61. The van der Waals surface area contributed by atoms with E-state index in [0.29, 0.717) is 6.04 Å². The topological polar surface area (TPSA) is 37.0 Å². The molecule has 0 bridgehead atoms. The van der Waals surface area contributed by atoms with Crippen LogP contribution in [0.3, 0.4) is 0 Å². The van der Waals surface area contributed by atoms with E-state index in [1.54, 1.807) is 0 Å². The van der Waals surface area contributed by atoms with Gasteiger partial charge < -0.3 is 10.6 Å². The van der Waals surface area contributed by atoms with Crippen LogP contribution in [-0.2, 0) is 0 Å². The fourth-order valence-electron chi connectivity index (χ4n) is 2.03. The van der Waals surface area contributed by atoms with E-state index in [0.717, 1.165) is 17.3 Å². The summed E-state index contributed by atoms with van der Waals surface area (Å²) in [5.74, 6) is 0.721. The van der Waals surface area contributed by atoms with Crippen molar-refractivity contribution in [2.24, 2.45) is 5.92 Å². The highest BCUT2D eigenvalue weighted by atomic mass is 14.9. The first-order valence-corrected chi connectivity index (χ1v) is 6.10. The van der Waals surface area contributed by atoms with E-state index in [2.05, 4.69) is 42.5 Å². The zero-order valence-corrected chi connectivity index (χ0v) is 10.7. The lowest BCUT2D eigenvalue weighted by molar-refractivity contribution is 0.438. The average Bonchev–Trinajstić information content (AvgIpc) is 2.31. The standard InChI is InChI=1S/C13H23N3/c1-5-11(6-2)10(3)16-13-7-12(14-4)8-15-9-13/h7-11,14,16H,5-6H2,1-4H3. The number of hydrogen-bond donors (Lipinski definition) is 2.